The SMILES string of the molecule is COc1ccc(-c2ccc3c(N4CCOC[C@@H]4C)nc(N4CCOC[C@@H]4C)nc3n2)cc1CO[C@@H]1C[C@@H]2CC[C@@H](C)[C@@](O)(O2)C(=O)C(=O)N2CCCC[C@H]2C(=O)O[C@H](C(C)C[C@H]2CC[C@@H](O)[C@H](OC)C2)CC(=O)[C@H](C)/C=C(\C)[C@@H](O)[C@@H](OC)C(=O)[C@H](C)C[C@H](C)/C=C/C=CC=C1C. The van der Waals surface area contributed by atoms with Crippen molar-refractivity contribution in [1.82, 2.24) is 19.9 Å². The number of anilines is 2. The number of fused-ring (bicyclic) bond motifs is 4. The fourth-order valence-corrected chi connectivity index (χ4v) is 14.8. The summed E-state index contributed by atoms with van der Waals surface area (Å²) in [5.41, 5.74) is 3.89. The fraction of sp³-hybridized carbons (Fsp3) is 0.653. The molecule has 532 valence electrons. The molecule has 1 unspecified atom stereocenters. The number of carbonyl (C=O) groups excluding carboxylic acids is 5. The molecule has 1 aliphatic carbocycles. The third-order valence-electron chi connectivity index (χ3n) is 21.0. The largest absolute Gasteiger partial charge is 0.496 e. The molecule has 4 saturated heterocycles. The van der Waals surface area contributed by atoms with Crippen LogP contribution in [0.15, 0.2) is 77.9 Å². The lowest BCUT2D eigenvalue weighted by Gasteiger charge is -2.43. The molecule has 0 radical (unpaired) electrons. The van der Waals surface area contributed by atoms with Crippen molar-refractivity contribution in [2.24, 2.45) is 35.5 Å². The van der Waals surface area contributed by atoms with Crippen LogP contribution in [-0.2, 0) is 63.7 Å². The van der Waals surface area contributed by atoms with Crippen molar-refractivity contribution in [3.8, 4) is 17.0 Å². The van der Waals surface area contributed by atoms with Crippen molar-refractivity contribution in [1.29, 1.82) is 0 Å². The number of cyclic esters (lactones) is 1. The van der Waals surface area contributed by atoms with Gasteiger partial charge in [0.25, 0.3) is 11.7 Å². The van der Waals surface area contributed by atoms with Gasteiger partial charge in [-0.1, -0.05) is 71.1 Å². The van der Waals surface area contributed by atoms with E-state index >= 15 is 0 Å². The molecule has 2 bridgehead atoms. The predicted molar refractivity (Wildman–Crippen MR) is 367 cm³/mol. The number of pyridine rings is 1. The number of methoxy groups -OCH3 is 3. The molecule has 97 heavy (non-hydrogen) atoms. The van der Waals surface area contributed by atoms with Gasteiger partial charge in [0.15, 0.2) is 11.4 Å². The minimum Gasteiger partial charge on any atom is -0.496 e. The maximum atomic E-state index is 14.9. The molecule has 5 aliphatic heterocycles. The predicted octanol–water partition coefficient (Wildman–Crippen LogP) is 9.22. The number of carbonyl (C=O) groups is 5. The molecule has 1 aromatic carbocycles. The second-order valence-corrected chi connectivity index (χ2v) is 28.3. The van der Waals surface area contributed by atoms with Gasteiger partial charge in [-0.05, 0) is 151 Å². The van der Waals surface area contributed by atoms with Crippen LogP contribution in [0.2, 0.25) is 0 Å². The van der Waals surface area contributed by atoms with Gasteiger partial charge in [-0.15, -0.1) is 0 Å². The first kappa shape index (κ1) is 74.9. The van der Waals surface area contributed by atoms with Crippen molar-refractivity contribution in [3.05, 3.63) is 83.5 Å². The highest BCUT2D eigenvalue weighted by atomic mass is 16.6. The average molecular weight is 1350 g/mol. The van der Waals surface area contributed by atoms with E-state index in [4.69, 9.17) is 52.8 Å². The molecule has 22 heteroatoms. The number of aliphatic hydroxyl groups excluding tert-OH is 2. The minimum atomic E-state index is -2.56. The monoisotopic (exact) mass is 1350 g/mol. The summed E-state index contributed by atoms with van der Waals surface area (Å²) in [5, 5.41) is 35.7. The molecule has 2 aromatic heterocycles. The lowest BCUT2D eigenvalue weighted by atomic mass is 9.78. The number of rotatable bonds is 12. The van der Waals surface area contributed by atoms with E-state index in [9.17, 15) is 39.3 Å². The first-order valence-electron chi connectivity index (χ1n) is 35.2. The average Bonchev–Trinajstić information content (AvgIpc) is 0.774. The molecule has 0 spiro atoms. The number of esters is 1. The zero-order valence-corrected chi connectivity index (χ0v) is 59.1. The molecule has 17 atom stereocenters. The van der Waals surface area contributed by atoms with E-state index in [1.54, 1.807) is 41.1 Å². The first-order chi connectivity index (χ1) is 46.4. The summed E-state index contributed by atoms with van der Waals surface area (Å²) in [4.78, 5) is 94.1. The molecule has 6 aliphatic rings. The van der Waals surface area contributed by atoms with Gasteiger partial charge in [-0.2, -0.15) is 9.97 Å². The molecule has 1 amide bonds. The Bertz CT molecular complexity index is 3360. The van der Waals surface area contributed by atoms with Crippen molar-refractivity contribution in [2.75, 3.05) is 77.2 Å². The zero-order valence-electron chi connectivity index (χ0n) is 59.1. The zero-order chi connectivity index (χ0) is 69.8. The van der Waals surface area contributed by atoms with Crippen LogP contribution >= 0.6 is 0 Å². The smallest absolute Gasteiger partial charge is 0.329 e. The quantitative estimate of drug-likeness (QED) is 0.0866. The maximum absolute atomic E-state index is 14.9. The van der Waals surface area contributed by atoms with Crippen molar-refractivity contribution >= 4 is 52.0 Å². The number of hydrogen-bond donors (Lipinski definition) is 3. The highest BCUT2D eigenvalue weighted by Crippen LogP contribution is 2.40. The Morgan fingerprint density at radius 3 is 2.22 bits per heavy atom. The lowest BCUT2D eigenvalue weighted by Crippen LogP contribution is -2.61. The molecular formula is C75H106N6O16. The van der Waals surface area contributed by atoms with Crippen LogP contribution in [0.25, 0.3) is 22.3 Å². The third kappa shape index (κ3) is 18.2. The minimum absolute atomic E-state index is 0.0370. The number of benzene rings is 1. The number of aliphatic hydroxyl groups is 3. The number of allylic oxidation sites excluding steroid dienone is 6. The number of Topliss-reactive ketones (excluding diaryl/α,β-unsaturated/α-hetero) is 3. The molecule has 9 rings (SSSR count). The van der Waals surface area contributed by atoms with Gasteiger partial charge >= 0.3 is 5.97 Å². The lowest BCUT2D eigenvalue weighted by molar-refractivity contribution is -0.266. The number of piperidine rings is 1. The maximum Gasteiger partial charge on any atom is 0.329 e. The number of morpholine rings is 2. The summed E-state index contributed by atoms with van der Waals surface area (Å²) in [6.45, 7) is 20.6. The van der Waals surface area contributed by atoms with Gasteiger partial charge in [0.05, 0.1) is 87.7 Å². The van der Waals surface area contributed by atoms with Crippen LogP contribution < -0.4 is 14.5 Å². The summed E-state index contributed by atoms with van der Waals surface area (Å²) in [7, 11) is 4.54. The number of amides is 1. The Balaban J connectivity index is 1.02. The summed E-state index contributed by atoms with van der Waals surface area (Å²) in [6.07, 6.45) is 9.94. The Kier molecular flexibility index (Phi) is 26.4. The fourth-order valence-electron chi connectivity index (χ4n) is 14.8. The van der Waals surface area contributed by atoms with E-state index in [2.05, 4.69) is 23.6 Å². The van der Waals surface area contributed by atoms with E-state index < -0.39 is 83.9 Å². The molecule has 5 fully saturated rings. The van der Waals surface area contributed by atoms with Gasteiger partial charge in [0.2, 0.25) is 11.7 Å². The van der Waals surface area contributed by atoms with E-state index in [-0.39, 0.29) is 79.9 Å². The summed E-state index contributed by atoms with van der Waals surface area (Å²) in [6, 6.07) is 8.75. The molecular weight excluding hydrogens is 1240 g/mol. The van der Waals surface area contributed by atoms with Crippen LogP contribution in [0.4, 0.5) is 11.8 Å². The number of ketones is 3. The summed E-state index contributed by atoms with van der Waals surface area (Å²) in [5.74, 6) is -6.66. The van der Waals surface area contributed by atoms with E-state index in [1.807, 2.05) is 88.4 Å². The van der Waals surface area contributed by atoms with Crippen molar-refractivity contribution in [3.63, 3.8) is 0 Å². The summed E-state index contributed by atoms with van der Waals surface area (Å²) < 4.78 is 48.7. The Labute approximate surface area is 572 Å². The van der Waals surface area contributed by atoms with E-state index in [0.717, 1.165) is 27.9 Å². The highest BCUT2D eigenvalue weighted by molar-refractivity contribution is 6.39. The Morgan fingerprint density at radius 2 is 1.51 bits per heavy atom. The van der Waals surface area contributed by atoms with E-state index in [0.29, 0.717) is 126 Å². The second-order valence-electron chi connectivity index (χ2n) is 28.3. The molecule has 1 saturated carbocycles. The highest BCUT2D eigenvalue weighted by Gasteiger charge is 2.53. The normalized spacial score (nSPS) is 33.6. The first-order valence-corrected chi connectivity index (χ1v) is 35.2. The van der Waals surface area contributed by atoms with Gasteiger partial charge in [0, 0.05) is 75.6 Å². The molecule has 3 N–H and O–H groups in total. The second kappa shape index (κ2) is 34.1. The third-order valence-corrected chi connectivity index (χ3v) is 21.0. The number of ether oxygens (including phenoxy) is 8. The van der Waals surface area contributed by atoms with Gasteiger partial charge in [0.1, 0.15) is 41.7 Å². The Morgan fingerprint density at radius 1 is 0.763 bits per heavy atom. The van der Waals surface area contributed by atoms with Crippen LogP contribution in [0.5, 0.6) is 5.75 Å². The standard InChI is InChI=1S/C75H106N6O16/c1-44-18-14-13-15-19-45(2)63(95-43-55-38-54(23-28-62(55)90-10)58-26-25-57-70(76-58)77-74(80-31-33-94-42-52(80)9)78-71(57)79-30-32-93-41-51(79)8)39-56-24-21-50(7)75(89,97-56)69(86)72(87)81-29-17-16-20-59(81)73(88)96-64(47(4)36-53-22-27-60(82)65(37-53)91-11)40-61(83)46(3)35-49(6)67(85)68(92-12)66(84)48(5)34-44/h13-15,18-19,23,25-26,28,35,38,44,46-48,50-53,56,59-60,63-65,67-68,82,85,89H,16-17,20-22,24,27,29-34,36-37,39-43H2,1-12H3/b15-13?,18-14+,45-19?,49-35+/t44-,46-,47?,48-,50-,51+,52+,53-,56+,59+,60-,63-,64+,65-,67-,68+,75-/m1/s1. The Hall–Kier alpha value is -6.34. The van der Waals surface area contributed by atoms with Crippen LogP contribution in [0.1, 0.15) is 145 Å². The number of aromatic nitrogens is 3. The number of nitrogens with zero attached hydrogens (tertiary/aromatic N) is 6. The van der Waals surface area contributed by atoms with E-state index in [1.165, 1.54) is 12.0 Å². The topological polar surface area (TPSA) is 268 Å². The number of hydrogen-bond acceptors (Lipinski definition) is 21. The summed E-state index contributed by atoms with van der Waals surface area (Å²) >= 11 is 0. The van der Waals surface area contributed by atoms with Crippen LogP contribution in [-0.4, -0.2) is 198 Å². The van der Waals surface area contributed by atoms with Gasteiger partial charge in [-0.3, -0.25) is 19.2 Å². The van der Waals surface area contributed by atoms with Crippen LogP contribution in [0, 0.1) is 35.5 Å². The van der Waals surface area contributed by atoms with Gasteiger partial charge < -0.3 is 67.9 Å². The molecule has 3 aromatic rings. The van der Waals surface area contributed by atoms with Crippen molar-refractivity contribution < 1.29 is 77.2 Å². The molecule has 7 heterocycles. The van der Waals surface area contributed by atoms with Crippen LogP contribution in [0.3, 0.4) is 0 Å². The van der Waals surface area contributed by atoms with Gasteiger partial charge in [-0.25, -0.2) is 9.78 Å². The molecule has 22 nitrogen and oxygen atoms in total. The van der Waals surface area contributed by atoms with Crippen molar-refractivity contribution in [2.45, 2.75) is 213 Å².